The highest BCUT2D eigenvalue weighted by atomic mass is 35.5. The zero-order valence-electron chi connectivity index (χ0n) is 9.56. The molecule has 0 aliphatic carbocycles. The predicted molar refractivity (Wildman–Crippen MR) is 63.4 cm³/mol. The lowest BCUT2D eigenvalue weighted by Gasteiger charge is -2.18. The third kappa shape index (κ3) is 3.10. The van der Waals surface area contributed by atoms with Gasteiger partial charge in [0.2, 0.25) is 0 Å². The Morgan fingerprint density at radius 1 is 1.56 bits per heavy atom. The Balaban J connectivity index is 3.03. The van der Waals surface area contributed by atoms with Crippen molar-refractivity contribution in [1.29, 1.82) is 0 Å². The lowest BCUT2D eigenvalue weighted by Crippen LogP contribution is -2.30. The van der Waals surface area contributed by atoms with E-state index in [9.17, 15) is 19.4 Å². The zero-order chi connectivity index (χ0) is 13.9. The Labute approximate surface area is 108 Å². The van der Waals surface area contributed by atoms with Crippen LogP contribution in [0.2, 0.25) is 5.02 Å². The maximum atomic E-state index is 13.3. The Morgan fingerprint density at radius 2 is 2.17 bits per heavy atom. The van der Waals surface area contributed by atoms with Gasteiger partial charge in [0, 0.05) is 10.6 Å². The SMILES string of the molecule is CCOC(=O)C(O)C(O)c1cc(Cl)cc(F)c1N. The van der Waals surface area contributed by atoms with E-state index in [0.717, 1.165) is 6.07 Å². The third-order valence-corrected chi connectivity index (χ3v) is 2.49. The summed E-state index contributed by atoms with van der Waals surface area (Å²) in [4.78, 5) is 11.2. The second-order valence-corrected chi connectivity index (χ2v) is 3.97. The van der Waals surface area contributed by atoms with Crippen molar-refractivity contribution < 1.29 is 24.1 Å². The molecule has 7 heteroatoms. The number of carbonyl (C=O) groups is 1. The van der Waals surface area contributed by atoms with Gasteiger partial charge in [0.05, 0.1) is 12.3 Å². The summed E-state index contributed by atoms with van der Waals surface area (Å²) < 4.78 is 17.8. The standard InChI is InChI=1S/C11H13ClFNO4/c1-2-18-11(17)10(16)9(15)6-3-5(12)4-7(13)8(6)14/h3-4,9-10,15-16H,2,14H2,1H3. The van der Waals surface area contributed by atoms with Gasteiger partial charge in [-0.1, -0.05) is 11.6 Å². The second-order valence-electron chi connectivity index (χ2n) is 3.53. The third-order valence-electron chi connectivity index (χ3n) is 2.27. The van der Waals surface area contributed by atoms with Crippen molar-refractivity contribution in [3.63, 3.8) is 0 Å². The van der Waals surface area contributed by atoms with Crippen LogP contribution in [-0.4, -0.2) is 28.9 Å². The van der Waals surface area contributed by atoms with E-state index < -0.39 is 24.0 Å². The number of hydrogen-bond donors (Lipinski definition) is 3. The van der Waals surface area contributed by atoms with Gasteiger partial charge in [-0.25, -0.2) is 9.18 Å². The summed E-state index contributed by atoms with van der Waals surface area (Å²) in [7, 11) is 0. The number of anilines is 1. The summed E-state index contributed by atoms with van der Waals surface area (Å²) in [6.07, 6.45) is -3.57. The maximum Gasteiger partial charge on any atom is 0.338 e. The summed E-state index contributed by atoms with van der Waals surface area (Å²) in [6.45, 7) is 1.59. The Morgan fingerprint density at radius 3 is 2.72 bits per heavy atom. The van der Waals surface area contributed by atoms with Crippen molar-refractivity contribution in [2.75, 3.05) is 12.3 Å². The van der Waals surface area contributed by atoms with Gasteiger partial charge in [-0.2, -0.15) is 0 Å². The number of ether oxygens (including phenoxy) is 1. The van der Waals surface area contributed by atoms with Crippen LogP contribution in [-0.2, 0) is 9.53 Å². The first kappa shape index (κ1) is 14.7. The van der Waals surface area contributed by atoms with E-state index in [2.05, 4.69) is 4.74 Å². The largest absolute Gasteiger partial charge is 0.464 e. The van der Waals surface area contributed by atoms with Crippen molar-refractivity contribution in [3.05, 3.63) is 28.5 Å². The Hall–Kier alpha value is -1.37. The number of aliphatic hydroxyl groups excluding tert-OH is 2. The molecular formula is C11H13ClFNO4. The van der Waals surface area contributed by atoms with E-state index >= 15 is 0 Å². The van der Waals surface area contributed by atoms with Crippen LogP contribution in [0.4, 0.5) is 10.1 Å². The fourth-order valence-corrected chi connectivity index (χ4v) is 1.59. The molecule has 0 radical (unpaired) electrons. The van der Waals surface area contributed by atoms with Crippen molar-refractivity contribution in [2.24, 2.45) is 0 Å². The molecule has 5 nitrogen and oxygen atoms in total. The molecule has 2 unspecified atom stereocenters. The van der Waals surface area contributed by atoms with E-state index in [1.165, 1.54) is 6.07 Å². The lowest BCUT2D eigenvalue weighted by atomic mass is 10.0. The number of rotatable bonds is 4. The maximum absolute atomic E-state index is 13.3. The molecule has 0 saturated heterocycles. The van der Waals surface area contributed by atoms with Crippen molar-refractivity contribution in [1.82, 2.24) is 0 Å². The van der Waals surface area contributed by atoms with Gasteiger partial charge in [0.1, 0.15) is 11.9 Å². The molecule has 0 saturated carbocycles. The van der Waals surface area contributed by atoms with E-state index in [1.54, 1.807) is 6.92 Å². The molecule has 0 heterocycles. The smallest absolute Gasteiger partial charge is 0.338 e. The van der Waals surface area contributed by atoms with Crippen LogP contribution in [0.1, 0.15) is 18.6 Å². The molecule has 0 aromatic heterocycles. The monoisotopic (exact) mass is 277 g/mol. The van der Waals surface area contributed by atoms with Gasteiger partial charge >= 0.3 is 5.97 Å². The van der Waals surface area contributed by atoms with Crippen LogP contribution >= 0.6 is 11.6 Å². The minimum Gasteiger partial charge on any atom is -0.464 e. The molecular weight excluding hydrogens is 265 g/mol. The molecule has 0 aliphatic rings. The number of nitrogens with two attached hydrogens (primary N) is 1. The lowest BCUT2D eigenvalue weighted by molar-refractivity contribution is -0.159. The number of hydrogen-bond acceptors (Lipinski definition) is 5. The summed E-state index contributed by atoms with van der Waals surface area (Å²) in [6, 6.07) is 2.14. The molecule has 2 atom stereocenters. The first-order valence-corrected chi connectivity index (χ1v) is 5.53. The molecule has 0 bridgehead atoms. The summed E-state index contributed by atoms with van der Waals surface area (Å²) in [5, 5.41) is 19.3. The molecule has 1 aromatic carbocycles. The molecule has 1 aromatic rings. The number of aliphatic hydroxyl groups is 2. The van der Waals surface area contributed by atoms with E-state index in [1.807, 2.05) is 0 Å². The molecule has 100 valence electrons. The minimum absolute atomic E-state index is 0.00758. The van der Waals surface area contributed by atoms with Crippen LogP contribution in [0.5, 0.6) is 0 Å². The second kappa shape index (κ2) is 5.99. The van der Waals surface area contributed by atoms with Gasteiger partial charge in [0.15, 0.2) is 6.10 Å². The van der Waals surface area contributed by atoms with Gasteiger partial charge in [0.25, 0.3) is 0 Å². The number of halogens is 2. The van der Waals surface area contributed by atoms with Crippen LogP contribution in [0.25, 0.3) is 0 Å². The number of benzene rings is 1. The number of esters is 1. The first-order chi connectivity index (χ1) is 8.38. The van der Waals surface area contributed by atoms with E-state index in [0.29, 0.717) is 0 Å². The minimum atomic E-state index is -1.86. The molecule has 0 fully saturated rings. The van der Waals surface area contributed by atoms with Gasteiger partial charge < -0.3 is 20.7 Å². The molecule has 1 rings (SSSR count). The average Bonchev–Trinajstić information content (AvgIpc) is 2.32. The molecule has 0 spiro atoms. The predicted octanol–water partition coefficient (Wildman–Crippen LogP) is 1.02. The normalized spacial score (nSPS) is 14.1. The van der Waals surface area contributed by atoms with E-state index in [4.69, 9.17) is 17.3 Å². The highest BCUT2D eigenvalue weighted by molar-refractivity contribution is 6.30. The Kier molecular flexibility index (Phi) is 4.89. The molecule has 0 aliphatic heterocycles. The summed E-state index contributed by atoms with van der Waals surface area (Å²) in [5.41, 5.74) is 4.86. The molecule has 0 amide bonds. The number of carbonyl (C=O) groups excluding carboxylic acids is 1. The summed E-state index contributed by atoms with van der Waals surface area (Å²) >= 11 is 5.61. The highest BCUT2D eigenvalue weighted by Crippen LogP contribution is 2.29. The summed E-state index contributed by atoms with van der Waals surface area (Å²) in [5.74, 6) is -1.86. The van der Waals surface area contributed by atoms with Crippen LogP contribution in [0.15, 0.2) is 12.1 Å². The first-order valence-electron chi connectivity index (χ1n) is 5.15. The van der Waals surface area contributed by atoms with Crippen LogP contribution in [0.3, 0.4) is 0 Å². The fourth-order valence-electron chi connectivity index (χ4n) is 1.38. The van der Waals surface area contributed by atoms with Gasteiger partial charge in [-0.05, 0) is 19.1 Å². The average molecular weight is 278 g/mol. The molecule has 4 N–H and O–H groups in total. The van der Waals surface area contributed by atoms with Crippen molar-refractivity contribution in [3.8, 4) is 0 Å². The quantitative estimate of drug-likeness (QED) is 0.564. The van der Waals surface area contributed by atoms with Crippen molar-refractivity contribution in [2.45, 2.75) is 19.1 Å². The zero-order valence-corrected chi connectivity index (χ0v) is 10.3. The highest BCUT2D eigenvalue weighted by Gasteiger charge is 2.29. The topological polar surface area (TPSA) is 92.8 Å². The fraction of sp³-hybridized carbons (Fsp3) is 0.364. The van der Waals surface area contributed by atoms with Crippen LogP contribution in [0, 0.1) is 5.82 Å². The van der Waals surface area contributed by atoms with Gasteiger partial charge in [-0.3, -0.25) is 0 Å². The number of nitrogen functional groups attached to an aromatic ring is 1. The van der Waals surface area contributed by atoms with Crippen molar-refractivity contribution >= 4 is 23.3 Å². The van der Waals surface area contributed by atoms with E-state index in [-0.39, 0.29) is 22.9 Å². The van der Waals surface area contributed by atoms with Crippen LogP contribution < -0.4 is 5.73 Å². The van der Waals surface area contributed by atoms with Gasteiger partial charge in [-0.15, -0.1) is 0 Å². The molecule has 18 heavy (non-hydrogen) atoms. The Bertz CT molecular complexity index is 455.